The highest BCUT2D eigenvalue weighted by molar-refractivity contribution is 7.19. The first-order valence-electron chi connectivity index (χ1n) is 6.47. The van der Waals surface area contributed by atoms with Gasteiger partial charge in [0.1, 0.15) is 4.83 Å². The van der Waals surface area contributed by atoms with E-state index in [1.807, 2.05) is 25.1 Å². The largest absolute Gasteiger partial charge is 0.395 e. The normalized spacial score (nSPS) is 11.2. The van der Waals surface area contributed by atoms with Gasteiger partial charge in [-0.3, -0.25) is 9.36 Å². The Kier molecular flexibility index (Phi) is 3.80. The van der Waals surface area contributed by atoms with Gasteiger partial charge in [-0.05, 0) is 24.6 Å². The molecule has 0 atom stereocenters. The number of rotatable bonds is 3. The van der Waals surface area contributed by atoms with Crippen LogP contribution >= 0.6 is 22.9 Å². The number of aliphatic hydroxyl groups excluding tert-OH is 1. The minimum atomic E-state index is -0.131. The molecule has 1 aromatic carbocycles. The fourth-order valence-electron chi connectivity index (χ4n) is 2.40. The van der Waals surface area contributed by atoms with E-state index in [-0.39, 0.29) is 18.7 Å². The van der Waals surface area contributed by atoms with Gasteiger partial charge in [-0.1, -0.05) is 23.7 Å². The van der Waals surface area contributed by atoms with Crippen LogP contribution in [0.15, 0.2) is 35.4 Å². The van der Waals surface area contributed by atoms with E-state index < -0.39 is 0 Å². The molecule has 0 aliphatic rings. The summed E-state index contributed by atoms with van der Waals surface area (Å²) in [6.07, 6.45) is 1.48. The second-order valence-electron chi connectivity index (χ2n) is 4.69. The fourth-order valence-corrected chi connectivity index (χ4v) is 3.59. The third-order valence-electron chi connectivity index (χ3n) is 3.31. The van der Waals surface area contributed by atoms with Crippen molar-refractivity contribution in [2.45, 2.75) is 13.5 Å². The van der Waals surface area contributed by atoms with Crippen molar-refractivity contribution in [2.24, 2.45) is 0 Å². The maximum Gasteiger partial charge on any atom is 0.262 e. The van der Waals surface area contributed by atoms with Crippen LogP contribution in [0.4, 0.5) is 0 Å². The van der Waals surface area contributed by atoms with Crippen molar-refractivity contribution < 1.29 is 5.11 Å². The lowest BCUT2D eigenvalue weighted by Gasteiger charge is -2.05. The monoisotopic (exact) mass is 320 g/mol. The lowest BCUT2D eigenvalue weighted by atomic mass is 10.0. The van der Waals surface area contributed by atoms with Gasteiger partial charge in [0.15, 0.2) is 0 Å². The fraction of sp³-hybridized carbons (Fsp3) is 0.200. The van der Waals surface area contributed by atoms with E-state index >= 15 is 0 Å². The van der Waals surface area contributed by atoms with Gasteiger partial charge in [0.05, 0.1) is 24.9 Å². The van der Waals surface area contributed by atoms with E-state index in [0.29, 0.717) is 15.2 Å². The molecule has 21 heavy (non-hydrogen) atoms. The highest BCUT2D eigenvalue weighted by atomic mass is 35.5. The zero-order valence-corrected chi connectivity index (χ0v) is 12.9. The van der Waals surface area contributed by atoms with Crippen LogP contribution in [-0.4, -0.2) is 21.3 Å². The van der Waals surface area contributed by atoms with Crippen molar-refractivity contribution in [1.29, 1.82) is 0 Å². The van der Waals surface area contributed by atoms with Crippen molar-refractivity contribution in [2.75, 3.05) is 6.61 Å². The highest BCUT2D eigenvalue weighted by Gasteiger charge is 2.16. The summed E-state index contributed by atoms with van der Waals surface area (Å²) < 4.78 is 1.43. The van der Waals surface area contributed by atoms with Gasteiger partial charge < -0.3 is 5.11 Å². The molecule has 2 aromatic heterocycles. The molecule has 0 amide bonds. The number of hydrogen-bond acceptors (Lipinski definition) is 4. The van der Waals surface area contributed by atoms with E-state index in [9.17, 15) is 4.79 Å². The third kappa shape index (κ3) is 2.48. The molecule has 3 aromatic rings. The van der Waals surface area contributed by atoms with Gasteiger partial charge in [-0.15, -0.1) is 11.3 Å². The standard InChI is InChI=1S/C15H13ClN2O2S/c1-9-12(10-3-2-4-11(16)7-10)13-14(21-9)17-8-18(5-6-19)15(13)20/h2-4,7-8,19H,5-6H2,1H3. The molecular weight excluding hydrogens is 308 g/mol. The Balaban J connectivity index is 2.34. The van der Waals surface area contributed by atoms with Crippen LogP contribution in [0.3, 0.4) is 0 Å². The van der Waals surface area contributed by atoms with Crippen LogP contribution in [0.25, 0.3) is 21.3 Å². The van der Waals surface area contributed by atoms with E-state index in [2.05, 4.69) is 4.98 Å². The van der Waals surface area contributed by atoms with Crippen LogP contribution < -0.4 is 5.56 Å². The zero-order valence-electron chi connectivity index (χ0n) is 11.3. The van der Waals surface area contributed by atoms with Gasteiger partial charge >= 0.3 is 0 Å². The molecule has 0 bridgehead atoms. The molecule has 6 heteroatoms. The lowest BCUT2D eigenvalue weighted by Crippen LogP contribution is -2.21. The van der Waals surface area contributed by atoms with E-state index in [4.69, 9.17) is 16.7 Å². The van der Waals surface area contributed by atoms with Crippen molar-refractivity contribution in [3.63, 3.8) is 0 Å². The zero-order chi connectivity index (χ0) is 15.0. The first-order chi connectivity index (χ1) is 10.1. The number of aromatic nitrogens is 2. The van der Waals surface area contributed by atoms with Gasteiger partial charge in [0.25, 0.3) is 5.56 Å². The number of nitrogens with zero attached hydrogens (tertiary/aromatic N) is 2. The highest BCUT2D eigenvalue weighted by Crippen LogP contribution is 2.36. The average molecular weight is 321 g/mol. The molecule has 0 spiro atoms. The van der Waals surface area contributed by atoms with Crippen molar-refractivity contribution in [3.05, 3.63) is 50.8 Å². The number of thiophene rings is 1. The number of fused-ring (bicyclic) bond motifs is 1. The molecule has 0 fully saturated rings. The molecular formula is C15H13ClN2O2S. The molecule has 3 rings (SSSR count). The van der Waals surface area contributed by atoms with Crippen LogP contribution in [0, 0.1) is 6.92 Å². The van der Waals surface area contributed by atoms with Crippen molar-refractivity contribution >= 4 is 33.2 Å². The Morgan fingerprint density at radius 1 is 1.43 bits per heavy atom. The van der Waals surface area contributed by atoms with Crippen molar-refractivity contribution in [1.82, 2.24) is 9.55 Å². The minimum Gasteiger partial charge on any atom is -0.395 e. The summed E-state index contributed by atoms with van der Waals surface area (Å²) in [5.41, 5.74) is 1.66. The van der Waals surface area contributed by atoms with Crippen LogP contribution in [0.2, 0.25) is 5.02 Å². The van der Waals surface area contributed by atoms with Crippen molar-refractivity contribution in [3.8, 4) is 11.1 Å². The van der Waals surface area contributed by atoms with Gasteiger partial charge in [0.2, 0.25) is 0 Å². The summed E-state index contributed by atoms with van der Waals surface area (Å²) in [5.74, 6) is 0. The molecule has 2 heterocycles. The smallest absolute Gasteiger partial charge is 0.262 e. The lowest BCUT2D eigenvalue weighted by molar-refractivity contribution is 0.274. The maximum absolute atomic E-state index is 12.6. The first kappa shape index (κ1) is 14.3. The number of halogens is 1. The van der Waals surface area contributed by atoms with Crippen LogP contribution in [0.1, 0.15) is 4.88 Å². The quantitative estimate of drug-likeness (QED) is 0.807. The van der Waals surface area contributed by atoms with Gasteiger partial charge in [0, 0.05) is 15.5 Å². The molecule has 0 saturated heterocycles. The average Bonchev–Trinajstić information content (AvgIpc) is 2.79. The number of benzene rings is 1. The topological polar surface area (TPSA) is 55.1 Å². The summed E-state index contributed by atoms with van der Waals surface area (Å²) in [4.78, 5) is 18.7. The number of hydrogen-bond donors (Lipinski definition) is 1. The molecule has 0 aliphatic heterocycles. The molecule has 0 aliphatic carbocycles. The van der Waals surface area contributed by atoms with E-state index in [0.717, 1.165) is 16.0 Å². The summed E-state index contributed by atoms with van der Waals surface area (Å²) in [6, 6.07) is 7.45. The third-order valence-corrected chi connectivity index (χ3v) is 4.56. The summed E-state index contributed by atoms with van der Waals surface area (Å²) in [5, 5.41) is 10.3. The molecule has 4 nitrogen and oxygen atoms in total. The SMILES string of the molecule is Cc1sc2ncn(CCO)c(=O)c2c1-c1cccc(Cl)c1. The van der Waals surface area contributed by atoms with E-state index in [1.165, 1.54) is 22.2 Å². The Morgan fingerprint density at radius 2 is 2.24 bits per heavy atom. The van der Waals surface area contributed by atoms with Gasteiger partial charge in [-0.2, -0.15) is 0 Å². The van der Waals surface area contributed by atoms with Crippen LogP contribution in [0.5, 0.6) is 0 Å². The Morgan fingerprint density at radius 3 is 2.95 bits per heavy atom. The second-order valence-corrected chi connectivity index (χ2v) is 6.33. The predicted octanol–water partition coefficient (Wildman–Crippen LogP) is 3.08. The second kappa shape index (κ2) is 5.60. The Labute approximate surface area is 130 Å². The minimum absolute atomic E-state index is 0.0945. The van der Waals surface area contributed by atoms with Gasteiger partial charge in [-0.25, -0.2) is 4.98 Å². The molecule has 0 radical (unpaired) electrons. The van der Waals surface area contributed by atoms with Crippen LogP contribution in [-0.2, 0) is 6.54 Å². The summed E-state index contributed by atoms with van der Waals surface area (Å²) >= 11 is 7.55. The predicted molar refractivity (Wildman–Crippen MR) is 86.1 cm³/mol. The number of aryl methyl sites for hydroxylation is 1. The molecule has 0 saturated carbocycles. The summed E-state index contributed by atoms with van der Waals surface area (Å²) in [7, 11) is 0. The number of aliphatic hydroxyl groups is 1. The first-order valence-corrected chi connectivity index (χ1v) is 7.66. The Bertz CT molecular complexity index is 870. The molecule has 1 N–H and O–H groups in total. The van der Waals surface area contributed by atoms with E-state index in [1.54, 1.807) is 6.07 Å². The maximum atomic E-state index is 12.6. The summed E-state index contributed by atoms with van der Waals surface area (Å²) in [6.45, 7) is 2.12. The molecule has 108 valence electrons. The molecule has 0 unspecified atom stereocenters. The Hall–Kier alpha value is -1.69.